The first kappa shape index (κ1) is 21.8. The monoisotopic (exact) mass is 447 g/mol. The van der Waals surface area contributed by atoms with Gasteiger partial charge in [0.2, 0.25) is 0 Å². The van der Waals surface area contributed by atoms with Gasteiger partial charge in [-0.05, 0) is 62.8 Å². The molecular formula is C27H33N3O3. The summed E-state index contributed by atoms with van der Waals surface area (Å²) in [6.45, 7) is 2.79. The molecule has 3 aromatic rings. The maximum Gasteiger partial charge on any atom is 0.253 e. The lowest BCUT2D eigenvalue weighted by Crippen LogP contribution is -2.35. The minimum Gasteiger partial charge on any atom is -0.491 e. The molecule has 174 valence electrons. The van der Waals surface area contributed by atoms with E-state index in [1.807, 2.05) is 35.2 Å². The molecule has 0 unspecified atom stereocenters. The number of carbonyl (C=O) groups is 1. The van der Waals surface area contributed by atoms with E-state index >= 15 is 0 Å². The number of rotatable bonds is 7. The van der Waals surface area contributed by atoms with E-state index in [0.717, 1.165) is 77.9 Å². The summed E-state index contributed by atoms with van der Waals surface area (Å²) in [4.78, 5) is 14.9. The van der Waals surface area contributed by atoms with Gasteiger partial charge in [0.1, 0.15) is 12.4 Å². The average Bonchev–Trinajstić information content (AvgIpc) is 3.10. The molecule has 2 fully saturated rings. The summed E-state index contributed by atoms with van der Waals surface area (Å²) in [7, 11) is 1.67. The number of methoxy groups -OCH3 is 1. The number of fused-ring (bicyclic) bond motifs is 1. The van der Waals surface area contributed by atoms with Crippen LogP contribution >= 0.6 is 0 Å². The van der Waals surface area contributed by atoms with Crippen molar-refractivity contribution in [1.82, 2.24) is 9.47 Å². The summed E-state index contributed by atoms with van der Waals surface area (Å²) < 4.78 is 13.4. The summed E-state index contributed by atoms with van der Waals surface area (Å²) in [5.41, 5.74) is 11.5. The summed E-state index contributed by atoms with van der Waals surface area (Å²) in [6, 6.07) is 14.6. The van der Waals surface area contributed by atoms with Crippen LogP contribution in [0.2, 0.25) is 0 Å². The second-order valence-corrected chi connectivity index (χ2v) is 9.17. The van der Waals surface area contributed by atoms with Crippen molar-refractivity contribution in [3.8, 4) is 17.0 Å². The van der Waals surface area contributed by atoms with Crippen molar-refractivity contribution >= 4 is 22.5 Å². The standard InChI is InChI=1S/C27H33N3O3/c1-32-16-17-33-22-12-13-23-24(18-22)30(21-6-5-7-21)26(25(23)28)19-8-10-20(11-9-19)27(31)29-14-3-2-4-15-29/h8-13,18,21H,2-7,14-17,28H2,1H3. The highest BCUT2D eigenvalue weighted by atomic mass is 16.5. The van der Waals surface area contributed by atoms with E-state index < -0.39 is 0 Å². The maximum atomic E-state index is 12.9. The highest BCUT2D eigenvalue weighted by Gasteiger charge is 2.27. The molecule has 2 heterocycles. The molecule has 2 aromatic carbocycles. The Hall–Kier alpha value is -2.99. The van der Waals surface area contributed by atoms with Gasteiger partial charge in [0.05, 0.1) is 23.5 Å². The van der Waals surface area contributed by atoms with Crippen molar-refractivity contribution in [2.75, 3.05) is 39.1 Å². The van der Waals surface area contributed by atoms with Crippen molar-refractivity contribution < 1.29 is 14.3 Å². The first-order chi connectivity index (χ1) is 16.2. The van der Waals surface area contributed by atoms with E-state index in [2.05, 4.69) is 16.7 Å². The Bertz CT molecular complexity index is 1130. The third-order valence-electron chi connectivity index (χ3n) is 7.06. The lowest BCUT2D eigenvalue weighted by molar-refractivity contribution is 0.0724. The predicted molar refractivity (Wildman–Crippen MR) is 132 cm³/mol. The van der Waals surface area contributed by atoms with Crippen molar-refractivity contribution in [2.24, 2.45) is 0 Å². The molecule has 5 rings (SSSR count). The first-order valence-corrected chi connectivity index (χ1v) is 12.1. The SMILES string of the molecule is COCCOc1ccc2c(N)c(-c3ccc(C(=O)N4CCCCC4)cc3)n(C3CCC3)c2c1. The van der Waals surface area contributed by atoms with Crippen molar-refractivity contribution in [3.05, 3.63) is 48.0 Å². The molecule has 0 spiro atoms. The largest absolute Gasteiger partial charge is 0.491 e. The molecule has 33 heavy (non-hydrogen) atoms. The van der Waals surface area contributed by atoms with Gasteiger partial charge < -0.3 is 24.7 Å². The summed E-state index contributed by atoms with van der Waals surface area (Å²) >= 11 is 0. The van der Waals surface area contributed by atoms with Gasteiger partial charge in [0.15, 0.2) is 0 Å². The molecule has 2 N–H and O–H groups in total. The zero-order chi connectivity index (χ0) is 22.8. The van der Waals surface area contributed by atoms with Crippen LogP contribution in [-0.4, -0.2) is 48.8 Å². The van der Waals surface area contributed by atoms with E-state index in [1.165, 1.54) is 12.8 Å². The molecule has 0 radical (unpaired) electrons. The number of carbonyl (C=O) groups excluding carboxylic acids is 1. The second kappa shape index (κ2) is 9.48. The van der Waals surface area contributed by atoms with Crippen LogP contribution in [0.3, 0.4) is 0 Å². The molecule has 1 saturated carbocycles. The molecule has 0 bridgehead atoms. The Morgan fingerprint density at radius 3 is 2.42 bits per heavy atom. The first-order valence-electron chi connectivity index (χ1n) is 12.1. The molecular weight excluding hydrogens is 414 g/mol. The van der Waals surface area contributed by atoms with E-state index in [9.17, 15) is 4.79 Å². The van der Waals surface area contributed by atoms with E-state index in [0.29, 0.717) is 19.3 Å². The van der Waals surface area contributed by atoms with Crippen LogP contribution < -0.4 is 10.5 Å². The molecule has 1 aromatic heterocycles. The lowest BCUT2D eigenvalue weighted by atomic mass is 9.92. The number of nitrogens with zero attached hydrogens (tertiary/aromatic N) is 2. The third-order valence-corrected chi connectivity index (χ3v) is 7.06. The van der Waals surface area contributed by atoms with Gasteiger partial charge >= 0.3 is 0 Å². The minimum absolute atomic E-state index is 0.131. The maximum absolute atomic E-state index is 12.9. The number of benzene rings is 2. The number of likely N-dealkylation sites (tertiary alicyclic amines) is 1. The molecule has 6 heteroatoms. The number of nitrogens with two attached hydrogens (primary N) is 1. The molecule has 1 saturated heterocycles. The van der Waals surface area contributed by atoms with Crippen molar-refractivity contribution in [3.63, 3.8) is 0 Å². The zero-order valence-electron chi connectivity index (χ0n) is 19.4. The molecule has 1 aliphatic heterocycles. The van der Waals surface area contributed by atoms with Crippen LogP contribution in [0.1, 0.15) is 54.9 Å². The topological polar surface area (TPSA) is 69.7 Å². The van der Waals surface area contributed by atoms with Crippen LogP contribution in [0.5, 0.6) is 5.75 Å². The van der Waals surface area contributed by atoms with Crippen LogP contribution in [0.4, 0.5) is 5.69 Å². The fraction of sp³-hybridized carbons (Fsp3) is 0.444. The number of anilines is 1. The van der Waals surface area contributed by atoms with Gasteiger partial charge in [-0.3, -0.25) is 4.79 Å². The summed E-state index contributed by atoms with van der Waals surface area (Å²) in [5, 5.41) is 1.05. The van der Waals surface area contributed by atoms with E-state index in [4.69, 9.17) is 15.2 Å². The Balaban J connectivity index is 1.50. The number of nitrogen functional groups attached to an aromatic ring is 1. The third kappa shape index (κ3) is 4.20. The number of hydrogen-bond donors (Lipinski definition) is 1. The minimum atomic E-state index is 0.131. The van der Waals surface area contributed by atoms with Gasteiger partial charge in [-0.1, -0.05) is 12.1 Å². The van der Waals surface area contributed by atoms with Gasteiger partial charge in [0, 0.05) is 48.8 Å². The van der Waals surface area contributed by atoms with E-state index in [1.54, 1.807) is 7.11 Å². The van der Waals surface area contributed by atoms with Gasteiger partial charge in [-0.25, -0.2) is 0 Å². The molecule has 1 aliphatic carbocycles. The van der Waals surface area contributed by atoms with E-state index in [-0.39, 0.29) is 5.91 Å². The smallest absolute Gasteiger partial charge is 0.253 e. The lowest BCUT2D eigenvalue weighted by Gasteiger charge is -2.30. The fourth-order valence-electron chi connectivity index (χ4n) is 5.02. The second-order valence-electron chi connectivity index (χ2n) is 9.17. The molecule has 0 atom stereocenters. The average molecular weight is 448 g/mol. The quantitative estimate of drug-likeness (QED) is 0.501. The Kier molecular flexibility index (Phi) is 6.27. The number of piperidine rings is 1. The highest BCUT2D eigenvalue weighted by Crippen LogP contribution is 2.44. The zero-order valence-corrected chi connectivity index (χ0v) is 19.4. The summed E-state index contributed by atoms with van der Waals surface area (Å²) in [6.07, 6.45) is 6.94. The normalized spacial score (nSPS) is 16.7. The van der Waals surface area contributed by atoms with Gasteiger partial charge in [0.25, 0.3) is 5.91 Å². The predicted octanol–water partition coefficient (Wildman–Crippen LogP) is 5.27. The Morgan fingerprint density at radius 1 is 1.00 bits per heavy atom. The number of ether oxygens (including phenoxy) is 2. The number of hydrogen-bond acceptors (Lipinski definition) is 4. The van der Waals surface area contributed by atoms with Gasteiger partial charge in [-0.2, -0.15) is 0 Å². The molecule has 6 nitrogen and oxygen atoms in total. The van der Waals surface area contributed by atoms with Crippen LogP contribution in [0.15, 0.2) is 42.5 Å². The highest BCUT2D eigenvalue weighted by molar-refractivity contribution is 6.02. The fourth-order valence-corrected chi connectivity index (χ4v) is 5.02. The summed E-state index contributed by atoms with van der Waals surface area (Å²) in [5.74, 6) is 0.957. The van der Waals surface area contributed by atoms with Crippen LogP contribution in [0, 0.1) is 0 Å². The van der Waals surface area contributed by atoms with Crippen LogP contribution in [0.25, 0.3) is 22.2 Å². The van der Waals surface area contributed by atoms with Crippen molar-refractivity contribution in [1.29, 1.82) is 0 Å². The number of aromatic nitrogens is 1. The number of amides is 1. The van der Waals surface area contributed by atoms with Crippen molar-refractivity contribution in [2.45, 2.75) is 44.6 Å². The van der Waals surface area contributed by atoms with Gasteiger partial charge in [-0.15, -0.1) is 0 Å². The Morgan fingerprint density at radius 2 is 1.76 bits per heavy atom. The van der Waals surface area contributed by atoms with Crippen LogP contribution in [-0.2, 0) is 4.74 Å². The molecule has 1 amide bonds. The Labute approximate surface area is 195 Å². The molecule has 2 aliphatic rings.